The molecular formula is C16H25NO2. The van der Waals surface area contributed by atoms with E-state index in [1.165, 1.54) is 5.56 Å². The third-order valence-corrected chi connectivity index (χ3v) is 3.98. The molecular weight excluding hydrogens is 238 g/mol. The molecule has 0 radical (unpaired) electrons. The highest BCUT2D eigenvalue weighted by molar-refractivity contribution is 5.30. The van der Waals surface area contributed by atoms with Gasteiger partial charge >= 0.3 is 0 Å². The third kappa shape index (κ3) is 3.28. The van der Waals surface area contributed by atoms with Crippen LogP contribution in [0.5, 0.6) is 5.75 Å². The highest BCUT2D eigenvalue weighted by Gasteiger charge is 2.36. The molecule has 3 nitrogen and oxygen atoms in total. The number of benzene rings is 1. The van der Waals surface area contributed by atoms with Gasteiger partial charge in [-0.3, -0.25) is 0 Å². The summed E-state index contributed by atoms with van der Waals surface area (Å²) in [4.78, 5) is 0. The van der Waals surface area contributed by atoms with E-state index >= 15 is 0 Å². The Bertz CT molecular complexity index is 419. The van der Waals surface area contributed by atoms with Gasteiger partial charge in [0.1, 0.15) is 5.75 Å². The minimum absolute atomic E-state index is 0.0987. The number of hydrogen-bond acceptors (Lipinski definition) is 3. The zero-order valence-corrected chi connectivity index (χ0v) is 12.4. The fourth-order valence-electron chi connectivity index (χ4n) is 2.36. The van der Waals surface area contributed by atoms with Gasteiger partial charge in [-0.15, -0.1) is 0 Å². The summed E-state index contributed by atoms with van der Waals surface area (Å²) in [7, 11) is 0. The molecule has 1 aromatic carbocycles. The number of hydrogen-bond donors (Lipinski definition) is 1. The lowest BCUT2D eigenvalue weighted by Crippen LogP contribution is -2.52. The van der Waals surface area contributed by atoms with E-state index in [-0.39, 0.29) is 11.7 Å². The first-order valence-electron chi connectivity index (χ1n) is 7.16. The fraction of sp³-hybridized carbons (Fsp3) is 0.625. The van der Waals surface area contributed by atoms with Crippen LogP contribution in [0.1, 0.15) is 39.4 Å². The van der Waals surface area contributed by atoms with Gasteiger partial charge in [0, 0.05) is 13.1 Å². The normalized spacial score (nSPS) is 27.5. The van der Waals surface area contributed by atoms with Gasteiger partial charge in [0.05, 0.1) is 18.3 Å². The maximum absolute atomic E-state index is 6.34. The molecule has 1 fully saturated rings. The molecule has 2 rings (SSSR count). The predicted molar refractivity (Wildman–Crippen MR) is 77.5 cm³/mol. The summed E-state index contributed by atoms with van der Waals surface area (Å²) >= 11 is 0. The molecule has 1 aliphatic rings. The van der Waals surface area contributed by atoms with Crippen LogP contribution >= 0.6 is 0 Å². The van der Waals surface area contributed by atoms with Gasteiger partial charge in [-0.1, -0.05) is 26.0 Å². The van der Waals surface area contributed by atoms with Gasteiger partial charge in [0.2, 0.25) is 0 Å². The molecule has 1 heterocycles. The Balaban J connectivity index is 2.15. The second-order valence-corrected chi connectivity index (χ2v) is 5.71. The highest BCUT2D eigenvalue weighted by atomic mass is 16.5. The molecule has 2 atom stereocenters. The van der Waals surface area contributed by atoms with E-state index in [0.29, 0.717) is 12.5 Å². The topological polar surface area (TPSA) is 30.5 Å². The molecule has 106 valence electrons. The van der Waals surface area contributed by atoms with E-state index in [1.807, 2.05) is 19.1 Å². The molecule has 0 spiro atoms. The number of morpholine rings is 1. The number of ether oxygens (including phenoxy) is 2. The second-order valence-electron chi connectivity index (χ2n) is 5.71. The van der Waals surface area contributed by atoms with Crippen LogP contribution in [0.3, 0.4) is 0 Å². The Morgan fingerprint density at radius 1 is 1.47 bits per heavy atom. The highest BCUT2D eigenvalue weighted by Crippen LogP contribution is 2.33. The molecule has 0 amide bonds. The Morgan fingerprint density at radius 3 is 2.95 bits per heavy atom. The average molecular weight is 263 g/mol. The fourth-order valence-corrected chi connectivity index (χ4v) is 2.36. The van der Waals surface area contributed by atoms with E-state index in [1.54, 1.807) is 0 Å². The smallest absolute Gasteiger partial charge is 0.119 e. The zero-order chi connectivity index (χ0) is 13.9. The molecule has 0 bridgehead atoms. The molecule has 0 aliphatic carbocycles. The van der Waals surface area contributed by atoms with Crippen LogP contribution in [0.25, 0.3) is 0 Å². The predicted octanol–water partition coefficient (Wildman–Crippen LogP) is 3.16. The minimum Gasteiger partial charge on any atom is -0.494 e. The molecule has 1 N–H and O–H groups in total. The Kier molecular flexibility index (Phi) is 4.48. The van der Waals surface area contributed by atoms with E-state index in [2.05, 4.69) is 38.2 Å². The van der Waals surface area contributed by atoms with Crippen molar-refractivity contribution in [1.29, 1.82) is 0 Å². The van der Waals surface area contributed by atoms with Crippen molar-refractivity contribution in [2.24, 2.45) is 5.92 Å². The van der Waals surface area contributed by atoms with Crippen LogP contribution in [0.4, 0.5) is 0 Å². The summed E-state index contributed by atoms with van der Waals surface area (Å²) < 4.78 is 11.9. The van der Waals surface area contributed by atoms with E-state index in [4.69, 9.17) is 9.47 Å². The standard InChI is InChI=1S/C16H25NO2/c1-5-18-14-8-6-7-13(9-14)15-10-17-11-16(4,19-15)12(2)3/h6-9,12,15,17H,5,10-11H2,1-4H3. The van der Waals surface area contributed by atoms with Crippen molar-refractivity contribution < 1.29 is 9.47 Å². The minimum atomic E-state index is -0.107. The van der Waals surface area contributed by atoms with Crippen LogP contribution < -0.4 is 10.1 Å². The van der Waals surface area contributed by atoms with Crippen LogP contribution in [0, 0.1) is 5.92 Å². The maximum atomic E-state index is 6.34. The first-order chi connectivity index (χ1) is 9.05. The Labute approximate surface area is 116 Å². The van der Waals surface area contributed by atoms with Crippen molar-refractivity contribution in [3.8, 4) is 5.75 Å². The van der Waals surface area contributed by atoms with Crippen molar-refractivity contribution >= 4 is 0 Å². The average Bonchev–Trinajstić information content (AvgIpc) is 2.39. The van der Waals surface area contributed by atoms with Crippen LogP contribution in [-0.2, 0) is 4.74 Å². The largest absolute Gasteiger partial charge is 0.494 e. The molecule has 0 aromatic heterocycles. The quantitative estimate of drug-likeness (QED) is 0.905. The molecule has 0 saturated carbocycles. The van der Waals surface area contributed by atoms with Gasteiger partial charge in [0.25, 0.3) is 0 Å². The molecule has 1 aliphatic heterocycles. The molecule has 1 saturated heterocycles. The van der Waals surface area contributed by atoms with Crippen molar-refractivity contribution in [3.05, 3.63) is 29.8 Å². The summed E-state index contributed by atoms with van der Waals surface area (Å²) in [6, 6.07) is 8.22. The summed E-state index contributed by atoms with van der Waals surface area (Å²) in [5.74, 6) is 1.40. The van der Waals surface area contributed by atoms with Crippen molar-refractivity contribution in [2.75, 3.05) is 19.7 Å². The lowest BCUT2D eigenvalue weighted by Gasteiger charge is -2.42. The lowest BCUT2D eigenvalue weighted by molar-refractivity contribution is -0.132. The third-order valence-electron chi connectivity index (χ3n) is 3.98. The Hall–Kier alpha value is -1.06. The van der Waals surface area contributed by atoms with Crippen LogP contribution in [0.15, 0.2) is 24.3 Å². The van der Waals surface area contributed by atoms with Gasteiger partial charge in [-0.2, -0.15) is 0 Å². The SMILES string of the molecule is CCOc1cccc(C2CNCC(C)(C(C)C)O2)c1. The van der Waals surface area contributed by atoms with Gasteiger partial charge in [-0.05, 0) is 37.5 Å². The lowest BCUT2D eigenvalue weighted by atomic mass is 9.90. The second kappa shape index (κ2) is 5.93. The summed E-state index contributed by atoms with van der Waals surface area (Å²) in [6.07, 6.45) is 0.0987. The summed E-state index contributed by atoms with van der Waals surface area (Å²) in [5, 5.41) is 3.49. The zero-order valence-electron chi connectivity index (χ0n) is 12.4. The van der Waals surface area contributed by atoms with Gasteiger partial charge in [-0.25, -0.2) is 0 Å². The molecule has 2 unspecified atom stereocenters. The molecule has 3 heteroatoms. The first kappa shape index (κ1) is 14.4. The summed E-state index contributed by atoms with van der Waals surface area (Å²) in [6.45, 7) is 11.1. The Morgan fingerprint density at radius 2 is 2.26 bits per heavy atom. The van der Waals surface area contributed by atoms with Crippen LogP contribution in [-0.4, -0.2) is 25.3 Å². The number of nitrogens with one attached hydrogen (secondary N) is 1. The number of rotatable bonds is 4. The monoisotopic (exact) mass is 263 g/mol. The van der Waals surface area contributed by atoms with E-state index in [9.17, 15) is 0 Å². The van der Waals surface area contributed by atoms with Crippen molar-refractivity contribution in [1.82, 2.24) is 5.32 Å². The first-order valence-corrected chi connectivity index (χ1v) is 7.16. The maximum Gasteiger partial charge on any atom is 0.119 e. The van der Waals surface area contributed by atoms with Gasteiger partial charge < -0.3 is 14.8 Å². The van der Waals surface area contributed by atoms with Crippen molar-refractivity contribution in [3.63, 3.8) is 0 Å². The van der Waals surface area contributed by atoms with E-state index in [0.717, 1.165) is 18.8 Å². The summed E-state index contributed by atoms with van der Waals surface area (Å²) in [5.41, 5.74) is 1.08. The molecule has 19 heavy (non-hydrogen) atoms. The van der Waals surface area contributed by atoms with Crippen LogP contribution in [0.2, 0.25) is 0 Å². The molecule has 1 aromatic rings. The van der Waals surface area contributed by atoms with Gasteiger partial charge in [0.15, 0.2) is 0 Å². The van der Waals surface area contributed by atoms with Crippen molar-refractivity contribution in [2.45, 2.75) is 39.4 Å². The van der Waals surface area contributed by atoms with E-state index < -0.39 is 0 Å².